The highest BCUT2D eigenvalue weighted by Gasteiger charge is 2.21. The van der Waals surface area contributed by atoms with Crippen molar-refractivity contribution in [3.05, 3.63) is 29.8 Å². The molecule has 2 rings (SSSR count). The molecule has 0 saturated heterocycles. The lowest BCUT2D eigenvalue weighted by Gasteiger charge is -2.23. The van der Waals surface area contributed by atoms with Crippen molar-refractivity contribution in [2.75, 3.05) is 54.6 Å². The number of aliphatic imine (C=N–C) groups is 1. The second kappa shape index (κ2) is 10.8. The fraction of sp³-hybridized carbons (Fsp3) is 0.600. The number of nitrogens with one attached hydrogen (secondary N) is 1. The Morgan fingerprint density at radius 2 is 1.93 bits per heavy atom. The van der Waals surface area contributed by atoms with E-state index in [1.54, 1.807) is 26.1 Å². The number of carbonyl (C=O) groups is 1. The van der Waals surface area contributed by atoms with Gasteiger partial charge in [0, 0.05) is 34.3 Å². The Balaban J connectivity index is 1.91. The van der Waals surface area contributed by atoms with Crippen molar-refractivity contribution in [2.45, 2.75) is 19.4 Å². The van der Waals surface area contributed by atoms with E-state index in [9.17, 15) is 4.79 Å². The van der Waals surface area contributed by atoms with Gasteiger partial charge < -0.3 is 24.6 Å². The van der Waals surface area contributed by atoms with Gasteiger partial charge in [0.05, 0.1) is 26.8 Å². The van der Waals surface area contributed by atoms with Crippen LogP contribution in [0, 0.1) is 5.92 Å². The molecule has 150 valence electrons. The number of carbonyl (C=O) groups excluding carboxylic acids is 1. The Bertz CT molecular complexity index is 612. The maximum absolute atomic E-state index is 11.9. The fourth-order valence-electron chi connectivity index (χ4n) is 2.36. The Labute approximate surface area is 162 Å². The number of rotatable bonds is 10. The lowest BCUT2D eigenvalue weighted by atomic mass is 10.2. The minimum Gasteiger partial charge on any atom is -0.497 e. The molecule has 1 amide bonds. The van der Waals surface area contributed by atoms with Crippen molar-refractivity contribution in [1.29, 1.82) is 0 Å². The van der Waals surface area contributed by atoms with Gasteiger partial charge in [0.2, 0.25) is 5.91 Å². The van der Waals surface area contributed by atoms with Crippen LogP contribution in [0.3, 0.4) is 0 Å². The van der Waals surface area contributed by atoms with E-state index in [-0.39, 0.29) is 12.5 Å². The standard InChI is InChI=1S/C20H32N4O3/c1-23(2)19(25)14-22-20(24(3)11-12-27-15-17-5-6-17)21-13-16-7-9-18(26-4)10-8-16/h7-10,17H,5-6,11-15H2,1-4H3,(H,21,22). The number of methoxy groups -OCH3 is 1. The van der Waals surface area contributed by atoms with Gasteiger partial charge in [-0.3, -0.25) is 4.79 Å². The summed E-state index contributed by atoms with van der Waals surface area (Å²) in [7, 11) is 7.10. The molecule has 1 aliphatic rings. The Hall–Kier alpha value is -2.28. The number of likely N-dealkylation sites (N-methyl/N-ethyl adjacent to an activating group) is 2. The molecule has 1 saturated carbocycles. The maximum Gasteiger partial charge on any atom is 0.241 e. The van der Waals surface area contributed by atoms with E-state index in [0.29, 0.717) is 19.1 Å². The summed E-state index contributed by atoms with van der Waals surface area (Å²) >= 11 is 0. The van der Waals surface area contributed by atoms with Crippen LogP contribution in [0.25, 0.3) is 0 Å². The van der Waals surface area contributed by atoms with E-state index in [4.69, 9.17) is 9.47 Å². The van der Waals surface area contributed by atoms with Crippen LogP contribution in [0.4, 0.5) is 0 Å². The van der Waals surface area contributed by atoms with E-state index in [1.165, 1.54) is 12.8 Å². The Kier molecular flexibility index (Phi) is 8.39. The SMILES string of the molecule is COc1ccc(CN=C(NCC(=O)N(C)C)N(C)CCOCC2CC2)cc1. The van der Waals surface area contributed by atoms with Crippen molar-refractivity contribution in [2.24, 2.45) is 10.9 Å². The molecule has 7 nitrogen and oxygen atoms in total. The highest BCUT2D eigenvalue weighted by molar-refractivity contribution is 5.86. The van der Waals surface area contributed by atoms with E-state index in [1.807, 2.05) is 36.2 Å². The molecule has 0 heterocycles. The summed E-state index contributed by atoms with van der Waals surface area (Å²) in [6.45, 7) is 2.95. The van der Waals surface area contributed by atoms with Gasteiger partial charge in [0.25, 0.3) is 0 Å². The normalized spacial score (nSPS) is 14.0. The van der Waals surface area contributed by atoms with Crippen molar-refractivity contribution < 1.29 is 14.3 Å². The predicted octanol–water partition coefficient (Wildman–Crippen LogP) is 1.59. The summed E-state index contributed by atoms with van der Waals surface area (Å²) in [6.07, 6.45) is 2.58. The van der Waals surface area contributed by atoms with E-state index in [2.05, 4.69) is 10.3 Å². The van der Waals surface area contributed by atoms with Crippen LogP contribution in [0.15, 0.2) is 29.3 Å². The average molecular weight is 377 g/mol. The number of hydrogen-bond donors (Lipinski definition) is 1. The topological polar surface area (TPSA) is 66.4 Å². The summed E-state index contributed by atoms with van der Waals surface area (Å²) < 4.78 is 10.9. The van der Waals surface area contributed by atoms with Crippen LogP contribution in [0.2, 0.25) is 0 Å². The molecule has 0 radical (unpaired) electrons. The number of nitrogens with zero attached hydrogens (tertiary/aromatic N) is 3. The quantitative estimate of drug-likeness (QED) is 0.382. The predicted molar refractivity (Wildman–Crippen MR) is 107 cm³/mol. The first-order valence-corrected chi connectivity index (χ1v) is 9.40. The van der Waals surface area contributed by atoms with E-state index < -0.39 is 0 Å². The van der Waals surface area contributed by atoms with Crippen LogP contribution in [0.1, 0.15) is 18.4 Å². The molecule has 0 atom stereocenters. The maximum atomic E-state index is 11.9. The number of guanidine groups is 1. The van der Waals surface area contributed by atoms with Crippen molar-refractivity contribution in [3.63, 3.8) is 0 Å². The molecule has 0 unspecified atom stereocenters. The first-order valence-electron chi connectivity index (χ1n) is 9.40. The molecule has 1 aliphatic carbocycles. The molecule has 0 bridgehead atoms. The van der Waals surface area contributed by atoms with Crippen LogP contribution in [-0.4, -0.2) is 76.2 Å². The van der Waals surface area contributed by atoms with Crippen LogP contribution >= 0.6 is 0 Å². The van der Waals surface area contributed by atoms with Crippen LogP contribution in [-0.2, 0) is 16.1 Å². The second-order valence-electron chi connectivity index (χ2n) is 7.07. The Morgan fingerprint density at radius 3 is 2.52 bits per heavy atom. The second-order valence-corrected chi connectivity index (χ2v) is 7.07. The smallest absolute Gasteiger partial charge is 0.241 e. The first-order chi connectivity index (χ1) is 13.0. The van der Waals surface area contributed by atoms with Crippen molar-refractivity contribution in [3.8, 4) is 5.75 Å². The Morgan fingerprint density at radius 1 is 1.22 bits per heavy atom. The first kappa shape index (κ1) is 21.0. The third-order valence-electron chi connectivity index (χ3n) is 4.45. The van der Waals surface area contributed by atoms with Gasteiger partial charge in [-0.1, -0.05) is 12.1 Å². The molecular weight excluding hydrogens is 344 g/mol. The average Bonchev–Trinajstić information content (AvgIpc) is 3.49. The van der Waals surface area contributed by atoms with Crippen LogP contribution < -0.4 is 10.1 Å². The summed E-state index contributed by atoms with van der Waals surface area (Å²) in [4.78, 5) is 20.1. The van der Waals surface area contributed by atoms with Crippen LogP contribution in [0.5, 0.6) is 5.75 Å². The van der Waals surface area contributed by atoms with Gasteiger partial charge in [-0.05, 0) is 36.5 Å². The molecule has 1 fully saturated rings. The molecule has 0 aromatic heterocycles. The minimum absolute atomic E-state index is 0.00512. The highest BCUT2D eigenvalue weighted by atomic mass is 16.5. The zero-order valence-corrected chi connectivity index (χ0v) is 16.9. The van der Waals surface area contributed by atoms with Crippen molar-refractivity contribution in [1.82, 2.24) is 15.1 Å². The summed E-state index contributed by atoms with van der Waals surface area (Å²) in [5.41, 5.74) is 1.08. The monoisotopic (exact) mass is 376 g/mol. The zero-order chi connectivity index (χ0) is 19.6. The molecule has 1 aromatic carbocycles. The van der Waals surface area contributed by atoms with Gasteiger partial charge >= 0.3 is 0 Å². The largest absolute Gasteiger partial charge is 0.497 e. The van der Waals surface area contributed by atoms with Crippen molar-refractivity contribution >= 4 is 11.9 Å². The van der Waals surface area contributed by atoms with Gasteiger partial charge in [-0.2, -0.15) is 0 Å². The summed E-state index contributed by atoms with van der Waals surface area (Å²) in [5.74, 6) is 2.28. The van der Waals surface area contributed by atoms with Gasteiger partial charge in [-0.15, -0.1) is 0 Å². The molecule has 1 aromatic rings. The lowest BCUT2D eigenvalue weighted by Crippen LogP contribution is -2.44. The zero-order valence-electron chi connectivity index (χ0n) is 16.9. The molecule has 7 heteroatoms. The number of hydrogen-bond acceptors (Lipinski definition) is 4. The third-order valence-corrected chi connectivity index (χ3v) is 4.45. The van der Waals surface area contributed by atoms with E-state index in [0.717, 1.165) is 30.4 Å². The van der Waals surface area contributed by atoms with Gasteiger partial charge in [0.15, 0.2) is 5.96 Å². The number of amides is 1. The fourth-order valence-corrected chi connectivity index (χ4v) is 2.36. The molecule has 0 aliphatic heterocycles. The molecule has 0 spiro atoms. The number of ether oxygens (including phenoxy) is 2. The molecule has 27 heavy (non-hydrogen) atoms. The minimum atomic E-state index is 0.00512. The third kappa shape index (κ3) is 7.86. The van der Waals surface area contributed by atoms with Gasteiger partial charge in [0.1, 0.15) is 5.75 Å². The van der Waals surface area contributed by atoms with E-state index >= 15 is 0 Å². The number of benzene rings is 1. The molecular formula is C20H32N4O3. The highest BCUT2D eigenvalue weighted by Crippen LogP contribution is 2.28. The molecule has 1 N–H and O–H groups in total. The summed E-state index contributed by atoms with van der Waals surface area (Å²) in [5, 5.41) is 3.16. The van der Waals surface area contributed by atoms with Gasteiger partial charge in [-0.25, -0.2) is 4.99 Å². The summed E-state index contributed by atoms with van der Waals surface area (Å²) in [6, 6.07) is 7.82. The lowest BCUT2D eigenvalue weighted by molar-refractivity contribution is -0.127.